The molecule has 0 spiro atoms. The van der Waals surface area contributed by atoms with Crippen LogP contribution >= 0.6 is 11.6 Å². The maximum absolute atomic E-state index is 6.02. The zero-order valence-electron chi connectivity index (χ0n) is 10.9. The van der Waals surface area contributed by atoms with Crippen molar-refractivity contribution in [3.8, 4) is 5.75 Å². The molecule has 0 bridgehead atoms. The number of halogens is 1. The Labute approximate surface area is 109 Å². The molecule has 0 aliphatic carbocycles. The zero-order chi connectivity index (χ0) is 12.7. The molecule has 0 saturated carbocycles. The van der Waals surface area contributed by atoms with Crippen molar-refractivity contribution >= 4 is 11.6 Å². The highest BCUT2D eigenvalue weighted by Crippen LogP contribution is 2.25. The number of nitrogens with one attached hydrogen (secondary N) is 1. The lowest BCUT2D eigenvalue weighted by Crippen LogP contribution is -2.17. The lowest BCUT2D eigenvalue weighted by Gasteiger charge is -2.14. The summed E-state index contributed by atoms with van der Waals surface area (Å²) in [7, 11) is 1.70. The van der Waals surface area contributed by atoms with Crippen molar-refractivity contribution in [2.24, 2.45) is 5.92 Å². The summed E-state index contributed by atoms with van der Waals surface area (Å²) in [6, 6.07) is 5.81. The van der Waals surface area contributed by atoms with Crippen molar-refractivity contribution in [2.45, 2.75) is 26.7 Å². The van der Waals surface area contributed by atoms with Gasteiger partial charge < -0.3 is 10.1 Å². The van der Waals surface area contributed by atoms with Gasteiger partial charge in [-0.25, -0.2) is 0 Å². The second kappa shape index (κ2) is 7.57. The van der Waals surface area contributed by atoms with Gasteiger partial charge in [-0.05, 0) is 55.6 Å². The molecule has 1 unspecified atom stereocenters. The van der Waals surface area contributed by atoms with Gasteiger partial charge in [0.2, 0.25) is 0 Å². The second-order valence-corrected chi connectivity index (χ2v) is 4.84. The number of ether oxygens (including phenoxy) is 1. The van der Waals surface area contributed by atoms with Crippen LogP contribution in [-0.4, -0.2) is 20.2 Å². The summed E-state index contributed by atoms with van der Waals surface area (Å²) in [5.74, 6) is 1.56. The highest BCUT2D eigenvalue weighted by Gasteiger charge is 2.09. The molecule has 1 aromatic rings. The summed E-state index contributed by atoms with van der Waals surface area (Å²) >= 11 is 6.02. The minimum Gasteiger partial charge on any atom is -0.496 e. The summed E-state index contributed by atoms with van der Waals surface area (Å²) in [6.07, 6.45) is 2.18. The van der Waals surface area contributed by atoms with Crippen LogP contribution in [-0.2, 0) is 6.42 Å². The van der Waals surface area contributed by atoms with E-state index in [0.717, 1.165) is 30.3 Å². The van der Waals surface area contributed by atoms with Crippen LogP contribution in [0.3, 0.4) is 0 Å². The summed E-state index contributed by atoms with van der Waals surface area (Å²) < 4.78 is 5.35. The standard InChI is InChI=1S/C14H22ClNO/c1-4-16-8-7-11(2)9-12-10-13(15)5-6-14(12)17-3/h5-6,10-11,16H,4,7-9H2,1-3H3. The largest absolute Gasteiger partial charge is 0.496 e. The Morgan fingerprint density at radius 3 is 2.82 bits per heavy atom. The van der Waals surface area contributed by atoms with Gasteiger partial charge >= 0.3 is 0 Å². The van der Waals surface area contributed by atoms with E-state index in [0.29, 0.717) is 5.92 Å². The molecule has 0 fully saturated rings. The SMILES string of the molecule is CCNCCC(C)Cc1cc(Cl)ccc1OC. The van der Waals surface area contributed by atoms with Crippen LogP contribution in [0.15, 0.2) is 18.2 Å². The molecule has 3 heteroatoms. The lowest BCUT2D eigenvalue weighted by atomic mass is 9.97. The predicted molar refractivity (Wildman–Crippen MR) is 74.0 cm³/mol. The molecule has 1 rings (SSSR count). The Kier molecular flexibility index (Phi) is 6.38. The summed E-state index contributed by atoms with van der Waals surface area (Å²) in [6.45, 7) is 6.50. The minimum atomic E-state index is 0.626. The van der Waals surface area contributed by atoms with Gasteiger partial charge in [-0.1, -0.05) is 25.4 Å². The number of rotatable bonds is 7. The van der Waals surface area contributed by atoms with E-state index in [9.17, 15) is 0 Å². The molecule has 1 aromatic carbocycles. The average molecular weight is 256 g/mol. The van der Waals surface area contributed by atoms with Gasteiger partial charge in [0.1, 0.15) is 5.75 Å². The van der Waals surface area contributed by atoms with Gasteiger partial charge in [0.15, 0.2) is 0 Å². The fraction of sp³-hybridized carbons (Fsp3) is 0.571. The molecule has 0 saturated heterocycles. The lowest BCUT2D eigenvalue weighted by molar-refractivity contribution is 0.403. The normalized spacial score (nSPS) is 12.5. The first-order valence-electron chi connectivity index (χ1n) is 6.20. The number of hydrogen-bond acceptors (Lipinski definition) is 2. The predicted octanol–water partition coefficient (Wildman–Crippen LogP) is 3.53. The fourth-order valence-electron chi connectivity index (χ4n) is 1.91. The molecule has 0 amide bonds. The molecule has 0 aliphatic rings. The Morgan fingerprint density at radius 1 is 1.41 bits per heavy atom. The van der Waals surface area contributed by atoms with Gasteiger partial charge in [0.05, 0.1) is 7.11 Å². The third-order valence-electron chi connectivity index (χ3n) is 2.87. The Morgan fingerprint density at radius 2 is 2.18 bits per heavy atom. The summed E-state index contributed by atoms with van der Waals surface area (Å²) in [5.41, 5.74) is 1.20. The van der Waals surface area contributed by atoms with Crippen LogP contribution in [0.2, 0.25) is 5.02 Å². The van der Waals surface area contributed by atoms with Crippen LogP contribution in [0, 0.1) is 5.92 Å². The molecule has 1 atom stereocenters. The first-order valence-corrected chi connectivity index (χ1v) is 6.58. The quantitative estimate of drug-likeness (QED) is 0.753. The van der Waals surface area contributed by atoms with Crippen LogP contribution in [0.1, 0.15) is 25.8 Å². The fourth-order valence-corrected chi connectivity index (χ4v) is 2.10. The van der Waals surface area contributed by atoms with Gasteiger partial charge in [-0.15, -0.1) is 0 Å². The maximum atomic E-state index is 6.02. The van der Waals surface area contributed by atoms with E-state index in [-0.39, 0.29) is 0 Å². The molecule has 0 radical (unpaired) electrons. The minimum absolute atomic E-state index is 0.626. The topological polar surface area (TPSA) is 21.3 Å². The van der Waals surface area contributed by atoms with Crippen molar-refractivity contribution in [3.05, 3.63) is 28.8 Å². The van der Waals surface area contributed by atoms with Gasteiger partial charge in [0, 0.05) is 5.02 Å². The van der Waals surface area contributed by atoms with Gasteiger partial charge in [0.25, 0.3) is 0 Å². The zero-order valence-corrected chi connectivity index (χ0v) is 11.7. The average Bonchev–Trinajstić information content (AvgIpc) is 2.29. The Hall–Kier alpha value is -0.730. The Bertz CT molecular complexity index is 341. The van der Waals surface area contributed by atoms with E-state index in [1.807, 2.05) is 18.2 Å². The third kappa shape index (κ3) is 4.97. The van der Waals surface area contributed by atoms with Crippen LogP contribution in [0.4, 0.5) is 0 Å². The van der Waals surface area contributed by atoms with Crippen molar-refractivity contribution in [1.82, 2.24) is 5.32 Å². The van der Waals surface area contributed by atoms with Crippen molar-refractivity contribution in [3.63, 3.8) is 0 Å². The van der Waals surface area contributed by atoms with Gasteiger partial charge in [-0.2, -0.15) is 0 Å². The van der Waals surface area contributed by atoms with Gasteiger partial charge in [-0.3, -0.25) is 0 Å². The molecule has 96 valence electrons. The first kappa shape index (κ1) is 14.3. The van der Waals surface area contributed by atoms with E-state index >= 15 is 0 Å². The number of benzene rings is 1. The smallest absolute Gasteiger partial charge is 0.122 e. The summed E-state index contributed by atoms with van der Waals surface area (Å²) in [4.78, 5) is 0. The van der Waals surface area contributed by atoms with Crippen molar-refractivity contribution < 1.29 is 4.74 Å². The van der Waals surface area contributed by atoms with E-state index in [1.54, 1.807) is 7.11 Å². The molecule has 0 aliphatic heterocycles. The highest BCUT2D eigenvalue weighted by molar-refractivity contribution is 6.30. The second-order valence-electron chi connectivity index (χ2n) is 4.41. The van der Waals surface area contributed by atoms with E-state index < -0.39 is 0 Å². The maximum Gasteiger partial charge on any atom is 0.122 e. The Balaban J connectivity index is 2.57. The van der Waals surface area contributed by atoms with Crippen molar-refractivity contribution in [2.75, 3.05) is 20.2 Å². The molecule has 17 heavy (non-hydrogen) atoms. The van der Waals surface area contributed by atoms with Crippen LogP contribution in [0.5, 0.6) is 5.75 Å². The monoisotopic (exact) mass is 255 g/mol. The third-order valence-corrected chi connectivity index (χ3v) is 3.11. The van der Waals surface area contributed by atoms with E-state index in [4.69, 9.17) is 16.3 Å². The number of hydrogen-bond donors (Lipinski definition) is 1. The number of methoxy groups -OCH3 is 1. The first-order chi connectivity index (χ1) is 8.17. The van der Waals surface area contributed by atoms with Crippen molar-refractivity contribution in [1.29, 1.82) is 0 Å². The van der Waals surface area contributed by atoms with E-state index in [1.165, 1.54) is 12.0 Å². The highest BCUT2D eigenvalue weighted by atomic mass is 35.5. The molecule has 0 aromatic heterocycles. The molecular weight excluding hydrogens is 234 g/mol. The molecule has 0 heterocycles. The molecule has 2 nitrogen and oxygen atoms in total. The van der Waals surface area contributed by atoms with Crippen LogP contribution in [0.25, 0.3) is 0 Å². The van der Waals surface area contributed by atoms with E-state index in [2.05, 4.69) is 19.2 Å². The molecule has 1 N–H and O–H groups in total. The summed E-state index contributed by atoms with van der Waals surface area (Å²) in [5, 5.41) is 4.13. The molecular formula is C14H22ClNO. The van der Waals surface area contributed by atoms with Crippen LogP contribution < -0.4 is 10.1 Å².